The van der Waals surface area contributed by atoms with Crippen LogP contribution in [0.2, 0.25) is 0 Å². The summed E-state index contributed by atoms with van der Waals surface area (Å²) in [5.41, 5.74) is 3.90. The van der Waals surface area contributed by atoms with Crippen molar-refractivity contribution in [2.24, 2.45) is 0 Å². The summed E-state index contributed by atoms with van der Waals surface area (Å²) in [5.74, 6) is 0. The van der Waals surface area contributed by atoms with E-state index < -0.39 is 0 Å². The predicted molar refractivity (Wildman–Crippen MR) is 101 cm³/mol. The molecule has 0 aliphatic heterocycles. The Kier molecular flexibility index (Phi) is 10.9. The molecule has 0 atom stereocenters. The van der Waals surface area contributed by atoms with Gasteiger partial charge in [-0.05, 0) is 50.3 Å². The van der Waals surface area contributed by atoms with Crippen molar-refractivity contribution in [2.75, 3.05) is 27.2 Å². The zero-order valence-corrected chi connectivity index (χ0v) is 14.9. The summed E-state index contributed by atoms with van der Waals surface area (Å²) >= 11 is 0. The number of halogens is 2. The molecule has 2 nitrogen and oxygen atoms in total. The van der Waals surface area contributed by atoms with E-state index in [4.69, 9.17) is 0 Å². The zero-order chi connectivity index (χ0) is 14.2. The molecule has 2 rings (SSSR count). The lowest BCUT2D eigenvalue weighted by molar-refractivity contribution is 0.394. The van der Waals surface area contributed by atoms with Crippen molar-refractivity contribution < 1.29 is 0 Å². The Hall–Kier alpha value is -1.06. The second kappa shape index (κ2) is 11.5. The third-order valence-electron chi connectivity index (χ3n) is 3.35. The predicted octanol–water partition coefficient (Wildman–Crippen LogP) is 4.24. The second-order valence-electron chi connectivity index (χ2n) is 5.40. The van der Waals surface area contributed by atoms with Crippen molar-refractivity contribution in [1.29, 1.82) is 0 Å². The molecule has 0 unspecified atom stereocenters. The van der Waals surface area contributed by atoms with E-state index >= 15 is 0 Å². The number of nitrogens with one attached hydrogen (secondary N) is 1. The normalized spacial score (nSPS) is 9.95. The first-order valence-corrected chi connectivity index (χ1v) is 7.25. The second-order valence-corrected chi connectivity index (χ2v) is 5.40. The maximum atomic E-state index is 3.49. The lowest BCUT2D eigenvalue weighted by Gasteiger charge is -2.10. The quantitative estimate of drug-likeness (QED) is 0.758. The monoisotopic (exact) mass is 340 g/mol. The molecule has 0 aliphatic rings. The van der Waals surface area contributed by atoms with E-state index in [1.165, 1.54) is 23.1 Å². The van der Waals surface area contributed by atoms with Crippen LogP contribution >= 0.6 is 24.8 Å². The summed E-state index contributed by atoms with van der Waals surface area (Å²) in [6.07, 6.45) is 1.19. The number of nitrogens with zero attached hydrogens (tertiary/aromatic N) is 1. The maximum Gasteiger partial charge on any atom is 0.0205 e. The van der Waals surface area contributed by atoms with Gasteiger partial charge in [-0.15, -0.1) is 24.8 Å². The molecule has 0 spiro atoms. The molecule has 0 aromatic heterocycles. The van der Waals surface area contributed by atoms with Gasteiger partial charge in [-0.3, -0.25) is 0 Å². The fraction of sp³-hybridized carbons (Fsp3) is 0.333. The van der Waals surface area contributed by atoms with Crippen molar-refractivity contribution in [2.45, 2.75) is 13.0 Å². The molecule has 0 fully saturated rings. The molecule has 2 aromatic carbocycles. The van der Waals surface area contributed by atoms with Gasteiger partial charge >= 0.3 is 0 Å². The number of benzene rings is 2. The van der Waals surface area contributed by atoms with Crippen LogP contribution in [0.5, 0.6) is 0 Å². The summed E-state index contributed by atoms with van der Waals surface area (Å²) in [7, 11) is 4.23. The third-order valence-corrected chi connectivity index (χ3v) is 3.35. The molecule has 122 valence electrons. The minimum absolute atomic E-state index is 0. The highest BCUT2D eigenvalue weighted by Gasteiger charge is 1.97. The van der Waals surface area contributed by atoms with Gasteiger partial charge in [0.15, 0.2) is 0 Å². The Bertz CT molecular complexity index is 498. The minimum atomic E-state index is 0. The summed E-state index contributed by atoms with van der Waals surface area (Å²) in [4.78, 5) is 2.22. The van der Waals surface area contributed by atoms with Crippen LogP contribution in [-0.4, -0.2) is 32.1 Å². The van der Waals surface area contributed by atoms with Crippen molar-refractivity contribution >= 4 is 24.8 Å². The van der Waals surface area contributed by atoms with Crippen molar-refractivity contribution in [3.63, 3.8) is 0 Å². The van der Waals surface area contributed by atoms with E-state index in [0.717, 1.165) is 19.6 Å². The molecule has 0 heterocycles. The van der Waals surface area contributed by atoms with Crippen LogP contribution in [0.15, 0.2) is 54.6 Å². The Morgan fingerprint density at radius 2 is 1.41 bits per heavy atom. The number of hydrogen-bond donors (Lipinski definition) is 1. The molecule has 0 saturated carbocycles. The first-order chi connectivity index (χ1) is 9.75. The summed E-state index contributed by atoms with van der Waals surface area (Å²) in [6, 6.07) is 19.3. The summed E-state index contributed by atoms with van der Waals surface area (Å²) in [5, 5.41) is 3.49. The highest BCUT2D eigenvalue weighted by atomic mass is 35.5. The molecule has 1 N–H and O–H groups in total. The Morgan fingerprint density at radius 1 is 0.818 bits per heavy atom. The van der Waals surface area contributed by atoms with Gasteiger partial charge in [0.1, 0.15) is 0 Å². The number of hydrogen-bond acceptors (Lipinski definition) is 2. The molecule has 0 amide bonds. The van der Waals surface area contributed by atoms with E-state index in [1.807, 2.05) is 0 Å². The SMILES string of the molecule is CN(C)CCCNCc1ccc(-c2ccccc2)cc1.Cl.Cl. The van der Waals surface area contributed by atoms with Crippen LogP contribution in [0.4, 0.5) is 0 Å². The molecule has 2 aromatic rings. The average Bonchev–Trinajstić information content (AvgIpc) is 2.48. The van der Waals surface area contributed by atoms with Gasteiger partial charge in [-0.2, -0.15) is 0 Å². The smallest absolute Gasteiger partial charge is 0.0205 e. The molecule has 0 aliphatic carbocycles. The molecule has 0 bridgehead atoms. The maximum absolute atomic E-state index is 3.49. The Morgan fingerprint density at radius 3 is 2.00 bits per heavy atom. The molecule has 22 heavy (non-hydrogen) atoms. The third kappa shape index (κ3) is 7.28. The molecule has 0 saturated heterocycles. The Balaban J connectivity index is 0.00000220. The van der Waals surface area contributed by atoms with Crippen LogP contribution in [-0.2, 0) is 6.54 Å². The van der Waals surface area contributed by atoms with E-state index in [-0.39, 0.29) is 24.8 Å². The lowest BCUT2D eigenvalue weighted by Crippen LogP contribution is -2.20. The van der Waals surface area contributed by atoms with E-state index in [9.17, 15) is 0 Å². The van der Waals surface area contributed by atoms with Crippen LogP contribution in [0.3, 0.4) is 0 Å². The zero-order valence-electron chi connectivity index (χ0n) is 13.3. The van der Waals surface area contributed by atoms with Crippen LogP contribution in [0, 0.1) is 0 Å². The first kappa shape index (κ1) is 20.9. The Labute approximate surface area is 146 Å². The van der Waals surface area contributed by atoms with E-state index in [1.54, 1.807) is 0 Å². The standard InChI is InChI=1S/C18H24N2.2ClH/c1-20(2)14-6-13-19-15-16-9-11-18(12-10-16)17-7-4-3-5-8-17;;/h3-5,7-12,19H,6,13-15H2,1-2H3;2*1H. The van der Waals surface area contributed by atoms with Crippen molar-refractivity contribution in [3.8, 4) is 11.1 Å². The topological polar surface area (TPSA) is 15.3 Å². The van der Waals surface area contributed by atoms with Crippen molar-refractivity contribution in [3.05, 3.63) is 60.2 Å². The number of rotatable bonds is 7. The van der Waals surface area contributed by atoms with Crippen molar-refractivity contribution in [1.82, 2.24) is 10.2 Å². The van der Waals surface area contributed by atoms with Gasteiger partial charge in [-0.1, -0.05) is 54.6 Å². The van der Waals surface area contributed by atoms with E-state index in [2.05, 4.69) is 78.9 Å². The average molecular weight is 341 g/mol. The van der Waals surface area contributed by atoms with Gasteiger partial charge in [0.05, 0.1) is 0 Å². The van der Waals surface area contributed by atoms with Gasteiger partial charge < -0.3 is 10.2 Å². The summed E-state index contributed by atoms with van der Waals surface area (Å²) < 4.78 is 0. The molecular formula is C18H26Cl2N2. The summed E-state index contributed by atoms with van der Waals surface area (Å²) in [6.45, 7) is 3.15. The largest absolute Gasteiger partial charge is 0.313 e. The molecule has 0 radical (unpaired) electrons. The molecular weight excluding hydrogens is 315 g/mol. The fourth-order valence-electron chi connectivity index (χ4n) is 2.20. The highest BCUT2D eigenvalue weighted by Crippen LogP contribution is 2.19. The van der Waals surface area contributed by atoms with Gasteiger partial charge in [0.2, 0.25) is 0 Å². The van der Waals surface area contributed by atoms with E-state index in [0.29, 0.717) is 0 Å². The highest BCUT2D eigenvalue weighted by molar-refractivity contribution is 5.85. The minimum Gasteiger partial charge on any atom is -0.313 e. The van der Waals surface area contributed by atoms with Gasteiger partial charge in [0, 0.05) is 6.54 Å². The first-order valence-electron chi connectivity index (χ1n) is 7.25. The van der Waals surface area contributed by atoms with Crippen LogP contribution < -0.4 is 5.32 Å². The molecule has 4 heteroatoms. The lowest BCUT2D eigenvalue weighted by atomic mass is 10.0. The van der Waals surface area contributed by atoms with Crippen LogP contribution in [0.1, 0.15) is 12.0 Å². The van der Waals surface area contributed by atoms with Gasteiger partial charge in [-0.25, -0.2) is 0 Å². The van der Waals surface area contributed by atoms with Crippen LogP contribution in [0.25, 0.3) is 11.1 Å². The van der Waals surface area contributed by atoms with Gasteiger partial charge in [0.25, 0.3) is 0 Å². The fourth-order valence-corrected chi connectivity index (χ4v) is 2.20.